The van der Waals surface area contributed by atoms with Crippen LogP contribution in [0.3, 0.4) is 0 Å². The number of fused-ring (bicyclic) bond motifs is 1. The lowest BCUT2D eigenvalue weighted by atomic mass is 9.89. The predicted octanol–water partition coefficient (Wildman–Crippen LogP) is 4.14. The third kappa shape index (κ3) is 3.33. The molecular formula is C22H23N3O3. The molecule has 1 atom stereocenters. The third-order valence-electron chi connectivity index (χ3n) is 4.76. The van der Waals surface area contributed by atoms with E-state index in [1.165, 1.54) is 0 Å². The zero-order valence-electron chi connectivity index (χ0n) is 16.2. The van der Waals surface area contributed by atoms with Crippen LogP contribution < -0.4 is 14.8 Å². The van der Waals surface area contributed by atoms with Crippen LogP contribution in [0.2, 0.25) is 0 Å². The molecule has 28 heavy (non-hydrogen) atoms. The Kier molecular flexibility index (Phi) is 4.77. The summed E-state index contributed by atoms with van der Waals surface area (Å²) in [5.74, 6) is 2.02. The summed E-state index contributed by atoms with van der Waals surface area (Å²) in [6, 6.07) is 15.5. The zero-order valence-corrected chi connectivity index (χ0v) is 16.2. The summed E-state index contributed by atoms with van der Waals surface area (Å²) in [4.78, 5) is 17.2. The molecule has 2 heterocycles. The Morgan fingerprint density at radius 1 is 1.18 bits per heavy atom. The van der Waals surface area contributed by atoms with Crippen molar-refractivity contribution in [3.05, 3.63) is 66.1 Å². The van der Waals surface area contributed by atoms with Gasteiger partial charge in [-0.05, 0) is 32.0 Å². The first-order valence-corrected chi connectivity index (χ1v) is 9.34. The molecule has 1 aliphatic heterocycles. The van der Waals surface area contributed by atoms with Gasteiger partial charge in [-0.1, -0.05) is 24.3 Å². The number of para-hydroxylation sites is 1. The quantitative estimate of drug-likeness (QED) is 0.726. The summed E-state index contributed by atoms with van der Waals surface area (Å²) in [6.45, 7) is 3.99. The van der Waals surface area contributed by atoms with Crippen molar-refractivity contribution in [3.63, 3.8) is 0 Å². The molecule has 1 amide bonds. The molecule has 1 aliphatic rings. The zero-order chi connectivity index (χ0) is 19.7. The molecule has 0 spiro atoms. The van der Waals surface area contributed by atoms with Gasteiger partial charge in [0.25, 0.3) is 0 Å². The molecule has 0 aliphatic carbocycles. The van der Waals surface area contributed by atoms with Crippen LogP contribution in [0.1, 0.15) is 37.4 Å². The summed E-state index contributed by atoms with van der Waals surface area (Å²) in [5, 5.41) is 2.98. The minimum atomic E-state index is -0.162. The molecule has 6 nitrogen and oxygen atoms in total. The number of carbonyl (C=O) groups is 1. The molecule has 4 rings (SSSR count). The van der Waals surface area contributed by atoms with Crippen LogP contribution in [0.15, 0.2) is 54.9 Å². The van der Waals surface area contributed by atoms with E-state index >= 15 is 0 Å². The number of nitrogens with one attached hydrogen (secondary N) is 1. The number of anilines is 1. The van der Waals surface area contributed by atoms with E-state index in [9.17, 15) is 4.79 Å². The van der Waals surface area contributed by atoms with Crippen molar-refractivity contribution >= 4 is 11.7 Å². The van der Waals surface area contributed by atoms with Gasteiger partial charge >= 0.3 is 0 Å². The molecule has 6 heteroatoms. The Morgan fingerprint density at radius 2 is 2.00 bits per heavy atom. The second kappa shape index (κ2) is 7.38. The molecule has 2 aromatic carbocycles. The maximum atomic E-state index is 12.5. The highest BCUT2D eigenvalue weighted by atomic mass is 16.5. The van der Waals surface area contributed by atoms with Crippen LogP contribution in [0, 0.1) is 0 Å². The summed E-state index contributed by atoms with van der Waals surface area (Å²) in [6.07, 6.45) is 2.12. The van der Waals surface area contributed by atoms with Gasteiger partial charge in [0.05, 0.1) is 24.6 Å². The number of aromatic nitrogens is 2. The van der Waals surface area contributed by atoms with E-state index < -0.39 is 0 Å². The Morgan fingerprint density at radius 3 is 2.79 bits per heavy atom. The average Bonchev–Trinajstić information content (AvgIpc) is 3.11. The molecule has 0 radical (unpaired) electrons. The number of ether oxygens (including phenoxy) is 2. The van der Waals surface area contributed by atoms with Gasteiger partial charge in [-0.2, -0.15) is 0 Å². The largest absolute Gasteiger partial charge is 0.497 e. The Labute approximate surface area is 164 Å². The monoisotopic (exact) mass is 377 g/mol. The fourth-order valence-electron chi connectivity index (χ4n) is 3.55. The number of benzene rings is 2. The van der Waals surface area contributed by atoms with Gasteiger partial charge in [0, 0.05) is 24.0 Å². The lowest BCUT2D eigenvalue weighted by molar-refractivity contribution is -0.116. The third-order valence-corrected chi connectivity index (χ3v) is 4.76. The number of amides is 1. The van der Waals surface area contributed by atoms with Gasteiger partial charge in [-0.3, -0.25) is 9.36 Å². The van der Waals surface area contributed by atoms with Crippen LogP contribution in [0.4, 0.5) is 5.82 Å². The maximum Gasteiger partial charge on any atom is 0.226 e. The van der Waals surface area contributed by atoms with Crippen molar-refractivity contribution in [2.75, 3.05) is 12.4 Å². The van der Waals surface area contributed by atoms with Crippen LogP contribution in [-0.4, -0.2) is 28.7 Å². The SMILES string of the molecule is COc1cccc(-n2cnc3c2NC(=O)C[C@H]3c2ccccc2OC(C)C)c1. The normalized spacial score (nSPS) is 15.9. The first kappa shape index (κ1) is 18.1. The predicted molar refractivity (Wildman–Crippen MR) is 107 cm³/mol. The van der Waals surface area contributed by atoms with E-state index in [-0.39, 0.29) is 17.9 Å². The first-order chi connectivity index (χ1) is 13.6. The van der Waals surface area contributed by atoms with E-state index in [1.807, 2.05) is 66.9 Å². The van der Waals surface area contributed by atoms with E-state index in [0.717, 1.165) is 28.4 Å². The summed E-state index contributed by atoms with van der Waals surface area (Å²) >= 11 is 0. The molecule has 3 aromatic rings. The van der Waals surface area contributed by atoms with Crippen molar-refractivity contribution in [1.82, 2.24) is 9.55 Å². The Hall–Kier alpha value is -3.28. The minimum absolute atomic E-state index is 0.0403. The van der Waals surface area contributed by atoms with Gasteiger partial charge < -0.3 is 14.8 Å². The van der Waals surface area contributed by atoms with Crippen molar-refractivity contribution in [2.45, 2.75) is 32.3 Å². The number of imidazole rings is 1. The van der Waals surface area contributed by atoms with Crippen molar-refractivity contribution in [3.8, 4) is 17.2 Å². The van der Waals surface area contributed by atoms with Crippen LogP contribution >= 0.6 is 0 Å². The summed E-state index contributed by atoms with van der Waals surface area (Å²) in [5.41, 5.74) is 2.69. The van der Waals surface area contributed by atoms with Gasteiger partial charge in [0.1, 0.15) is 23.6 Å². The number of methoxy groups -OCH3 is 1. The summed E-state index contributed by atoms with van der Waals surface area (Å²) in [7, 11) is 1.63. The standard InChI is InChI=1S/C22H23N3O3/c1-14(2)28-19-10-5-4-9-17(19)18-12-20(26)24-22-21(18)23-13-25(22)15-7-6-8-16(11-15)27-3/h4-11,13-14,18H,12H2,1-3H3,(H,24,26)/t18-/m0/s1. The molecule has 0 saturated heterocycles. The highest BCUT2D eigenvalue weighted by Crippen LogP contribution is 2.41. The van der Waals surface area contributed by atoms with Crippen molar-refractivity contribution in [1.29, 1.82) is 0 Å². The number of nitrogens with zero attached hydrogens (tertiary/aromatic N) is 2. The number of hydrogen-bond acceptors (Lipinski definition) is 4. The van der Waals surface area contributed by atoms with Crippen molar-refractivity contribution < 1.29 is 14.3 Å². The maximum absolute atomic E-state index is 12.5. The van der Waals surface area contributed by atoms with E-state index in [4.69, 9.17) is 9.47 Å². The second-order valence-corrected chi connectivity index (χ2v) is 7.06. The fourth-order valence-corrected chi connectivity index (χ4v) is 3.55. The second-order valence-electron chi connectivity index (χ2n) is 7.06. The van der Waals surface area contributed by atoms with Crippen molar-refractivity contribution in [2.24, 2.45) is 0 Å². The smallest absolute Gasteiger partial charge is 0.226 e. The van der Waals surface area contributed by atoms with Gasteiger partial charge in [-0.15, -0.1) is 0 Å². The number of rotatable bonds is 5. The molecule has 0 unspecified atom stereocenters. The molecule has 1 aromatic heterocycles. The lowest BCUT2D eigenvalue weighted by Gasteiger charge is -2.25. The molecule has 144 valence electrons. The first-order valence-electron chi connectivity index (χ1n) is 9.34. The highest BCUT2D eigenvalue weighted by Gasteiger charge is 2.32. The van der Waals surface area contributed by atoms with Crippen LogP contribution in [-0.2, 0) is 4.79 Å². The van der Waals surface area contributed by atoms with E-state index in [2.05, 4.69) is 10.3 Å². The Balaban J connectivity index is 1.79. The minimum Gasteiger partial charge on any atom is -0.497 e. The molecule has 1 N–H and O–H groups in total. The topological polar surface area (TPSA) is 65.4 Å². The van der Waals surface area contributed by atoms with Gasteiger partial charge in [0.15, 0.2) is 0 Å². The fraction of sp³-hybridized carbons (Fsp3) is 0.273. The summed E-state index contributed by atoms with van der Waals surface area (Å²) < 4.78 is 13.2. The number of carbonyl (C=O) groups excluding carboxylic acids is 1. The molecule has 0 bridgehead atoms. The van der Waals surface area contributed by atoms with Crippen LogP contribution in [0.25, 0.3) is 5.69 Å². The lowest BCUT2D eigenvalue weighted by Crippen LogP contribution is -2.25. The van der Waals surface area contributed by atoms with Crippen LogP contribution in [0.5, 0.6) is 11.5 Å². The van der Waals surface area contributed by atoms with E-state index in [0.29, 0.717) is 12.2 Å². The molecule has 0 saturated carbocycles. The average molecular weight is 377 g/mol. The molecule has 0 fully saturated rings. The number of hydrogen-bond donors (Lipinski definition) is 1. The van der Waals surface area contributed by atoms with Gasteiger partial charge in [0.2, 0.25) is 5.91 Å². The van der Waals surface area contributed by atoms with E-state index in [1.54, 1.807) is 13.4 Å². The van der Waals surface area contributed by atoms with Gasteiger partial charge in [-0.25, -0.2) is 4.98 Å². The molecular weight excluding hydrogens is 354 g/mol. The highest BCUT2D eigenvalue weighted by molar-refractivity contribution is 5.94. The Bertz CT molecular complexity index is 1010.